The molecule has 1 nitrogen and oxygen atoms in total. The van der Waals surface area contributed by atoms with Gasteiger partial charge in [-0.2, -0.15) is 0 Å². The number of terminal acetylenes is 1. The van der Waals surface area contributed by atoms with Crippen molar-refractivity contribution in [2.75, 3.05) is 6.61 Å². The van der Waals surface area contributed by atoms with Crippen molar-refractivity contribution in [3.63, 3.8) is 0 Å². The maximum atomic E-state index is 5.99. The van der Waals surface area contributed by atoms with Crippen LogP contribution in [-0.4, -0.2) is 12.2 Å². The van der Waals surface area contributed by atoms with Crippen molar-refractivity contribution >= 4 is 21.5 Å². The first-order valence-electron chi connectivity index (χ1n) is 8.65. The SMILES string of the molecule is C#CCOC(C)(C)C(=C(C)C)C(Br)=C(c1ccccc1)c1ccccc1. The fraction of sp³-hybridized carbons (Fsp3) is 0.250. The molecule has 0 unspecified atom stereocenters. The molecule has 134 valence electrons. The molecule has 2 rings (SSSR count). The third kappa shape index (κ3) is 4.75. The molecule has 2 aromatic rings. The zero-order chi connectivity index (χ0) is 19.2. The number of benzene rings is 2. The summed E-state index contributed by atoms with van der Waals surface area (Å²) in [6, 6.07) is 20.8. The van der Waals surface area contributed by atoms with E-state index in [4.69, 9.17) is 11.2 Å². The molecule has 0 aliphatic carbocycles. The van der Waals surface area contributed by atoms with Gasteiger partial charge in [0, 0.05) is 10.1 Å². The Balaban J connectivity index is 2.72. The Bertz CT molecular complexity index is 791. The fourth-order valence-corrected chi connectivity index (χ4v) is 4.47. The fourth-order valence-electron chi connectivity index (χ4n) is 3.13. The first-order chi connectivity index (χ1) is 12.4. The summed E-state index contributed by atoms with van der Waals surface area (Å²) < 4.78 is 7.01. The van der Waals surface area contributed by atoms with Crippen molar-refractivity contribution in [3.05, 3.63) is 87.4 Å². The quantitative estimate of drug-likeness (QED) is 0.386. The Labute approximate surface area is 165 Å². The van der Waals surface area contributed by atoms with Crippen molar-refractivity contribution in [1.82, 2.24) is 0 Å². The molecule has 0 aliphatic rings. The summed E-state index contributed by atoms with van der Waals surface area (Å²) in [5.74, 6) is 2.57. The smallest absolute Gasteiger partial charge is 0.108 e. The van der Waals surface area contributed by atoms with Gasteiger partial charge in [0.15, 0.2) is 0 Å². The maximum Gasteiger partial charge on any atom is 0.108 e. The van der Waals surface area contributed by atoms with Gasteiger partial charge >= 0.3 is 0 Å². The maximum absolute atomic E-state index is 5.99. The average molecular weight is 409 g/mol. The number of rotatable bonds is 6. The van der Waals surface area contributed by atoms with Gasteiger partial charge < -0.3 is 4.74 Å². The Morgan fingerprint density at radius 1 is 0.962 bits per heavy atom. The molecule has 0 radical (unpaired) electrons. The zero-order valence-electron chi connectivity index (χ0n) is 15.8. The van der Waals surface area contributed by atoms with E-state index in [1.54, 1.807) is 0 Å². The second-order valence-electron chi connectivity index (χ2n) is 6.80. The molecule has 0 fully saturated rings. The van der Waals surface area contributed by atoms with E-state index in [2.05, 4.69) is 98.1 Å². The van der Waals surface area contributed by atoms with E-state index in [0.717, 1.165) is 26.8 Å². The molecule has 2 aromatic carbocycles. The van der Waals surface area contributed by atoms with Gasteiger partial charge in [-0.3, -0.25) is 0 Å². The highest BCUT2D eigenvalue weighted by Gasteiger charge is 2.29. The molecule has 0 saturated carbocycles. The van der Waals surface area contributed by atoms with Gasteiger partial charge in [0.1, 0.15) is 6.61 Å². The minimum absolute atomic E-state index is 0.274. The number of ether oxygens (including phenoxy) is 1. The largest absolute Gasteiger partial charge is 0.358 e. The summed E-state index contributed by atoms with van der Waals surface area (Å²) in [6.07, 6.45) is 5.42. The molecule has 0 N–H and O–H groups in total. The van der Waals surface area contributed by atoms with Crippen LogP contribution in [0.5, 0.6) is 0 Å². The van der Waals surface area contributed by atoms with Crippen LogP contribution in [0.15, 0.2) is 76.3 Å². The summed E-state index contributed by atoms with van der Waals surface area (Å²) in [5, 5.41) is 0. The molecule has 0 bridgehead atoms. The first-order valence-corrected chi connectivity index (χ1v) is 9.44. The van der Waals surface area contributed by atoms with E-state index in [9.17, 15) is 0 Å². The highest BCUT2D eigenvalue weighted by Crippen LogP contribution is 2.40. The molecule has 26 heavy (non-hydrogen) atoms. The molecule has 0 aliphatic heterocycles. The lowest BCUT2D eigenvalue weighted by atomic mass is 9.88. The molecule has 0 atom stereocenters. The molecule has 0 spiro atoms. The molecule has 0 amide bonds. The Kier molecular flexibility index (Phi) is 7.03. The van der Waals surface area contributed by atoms with Crippen LogP contribution in [0, 0.1) is 12.3 Å². The van der Waals surface area contributed by atoms with E-state index >= 15 is 0 Å². The lowest BCUT2D eigenvalue weighted by Gasteiger charge is -2.30. The minimum Gasteiger partial charge on any atom is -0.358 e. The Hall–Kier alpha value is -2.08. The van der Waals surface area contributed by atoms with Gasteiger partial charge in [0.2, 0.25) is 0 Å². The predicted molar refractivity (Wildman–Crippen MR) is 115 cm³/mol. The monoisotopic (exact) mass is 408 g/mol. The summed E-state index contributed by atoms with van der Waals surface area (Å²) in [5.41, 5.74) is 5.21. The van der Waals surface area contributed by atoms with E-state index in [-0.39, 0.29) is 6.61 Å². The van der Waals surface area contributed by atoms with Gasteiger partial charge in [0.05, 0.1) is 5.60 Å². The second kappa shape index (κ2) is 9.03. The average Bonchev–Trinajstić information content (AvgIpc) is 2.61. The summed E-state index contributed by atoms with van der Waals surface area (Å²) in [4.78, 5) is 0. The normalized spacial score (nSPS) is 10.8. The van der Waals surface area contributed by atoms with Gasteiger partial charge in [0.25, 0.3) is 0 Å². The Morgan fingerprint density at radius 2 is 1.42 bits per heavy atom. The first kappa shape index (κ1) is 20.2. The van der Waals surface area contributed by atoms with Crippen LogP contribution in [0.1, 0.15) is 38.8 Å². The molecule has 0 saturated heterocycles. The highest BCUT2D eigenvalue weighted by atomic mass is 79.9. The molecular formula is C24H25BrO. The van der Waals surface area contributed by atoms with Crippen LogP contribution in [0.4, 0.5) is 0 Å². The number of hydrogen-bond donors (Lipinski definition) is 0. The topological polar surface area (TPSA) is 9.23 Å². The number of allylic oxidation sites excluding steroid dienone is 1. The standard InChI is InChI=1S/C24H25BrO/c1-6-17-26-24(4,5)22(18(2)3)23(25)21(19-13-9-7-10-14-19)20-15-11-8-12-16-20/h1,7-16H,17H2,2-5H3. The third-order valence-corrected chi connectivity index (χ3v) is 4.98. The molecule has 0 aromatic heterocycles. The van der Waals surface area contributed by atoms with Crippen LogP contribution in [0.3, 0.4) is 0 Å². The van der Waals surface area contributed by atoms with E-state index < -0.39 is 5.60 Å². The van der Waals surface area contributed by atoms with Crippen LogP contribution in [0.25, 0.3) is 5.57 Å². The van der Waals surface area contributed by atoms with Crippen molar-refractivity contribution < 1.29 is 4.74 Å². The number of hydrogen-bond acceptors (Lipinski definition) is 1. The molecule has 2 heteroatoms. The van der Waals surface area contributed by atoms with Gasteiger partial charge in [-0.25, -0.2) is 0 Å². The van der Waals surface area contributed by atoms with Crippen LogP contribution in [-0.2, 0) is 4.74 Å². The van der Waals surface area contributed by atoms with E-state index in [1.165, 1.54) is 5.57 Å². The van der Waals surface area contributed by atoms with Crippen molar-refractivity contribution in [1.29, 1.82) is 0 Å². The number of halogens is 1. The highest BCUT2D eigenvalue weighted by molar-refractivity contribution is 9.12. The lowest BCUT2D eigenvalue weighted by molar-refractivity contribution is 0.0345. The minimum atomic E-state index is -0.515. The summed E-state index contributed by atoms with van der Waals surface area (Å²) >= 11 is 3.90. The molecule has 0 heterocycles. The van der Waals surface area contributed by atoms with Crippen LogP contribution >= 0.6 is 15.9 Å². The summed E-state index contributed by atoms with van der Waals surface area (Å²) in [7, 11) is 0. The zero-order valence-corrected chi connectivity index (χ0v) is 17.4. The van der Waals surface area contributed by atoms with Crippen molar-refractivity contribution in [2.45, 2.75) is 33.3 Å². The Morgan fingerprint density at radius 3 is 1.81 bits per heavy atom. The predicted octanol–water partition coefficient (Wildman–Crippen LogP) is 6.61. The third-order valence-electron chi connectivity index (χ3n) is 4.18. The van der Waals surface area contributed by atoms with Crippen molar-refractivity contribution in [2.24, 2.45) is 0 Å². The van der Waals surface area contributed by atoms with Crippen molar-refractivity contribution in [3.8, 4) is 12.3 Å². The summed E-state index contributed by atoms with van der Waals surface area (Å²) in [6.45, 7) is 8.59. The van der Waals surface area contributed by atoms with E-state index in [0.29, 0.717) is 0 Å². The van der Waals surface area contributed by atoms with Crippen LogP contribution in [0.2, 0.25) is 0 Å². The molecular weight excluding hydrogens is 384 g/mol. The van der Waals surface area contributed by atoms with E-state index in [1.807, 2.05) is 12.1 Å². The van der Waals surface area contributed by atoms with Gasteiger partial charge in [-0.1, -0.05) is 72.2 Å². The van der Waals surface area contributed by atoms with Crippen LogP contribution < -0.4 is 0 Å². The second-order valence-corrected chi connectivity index (χ2v) is 7.59. The van der Waals surface area contributed by atoms with Gasteiger partial charge in [-0.05, 0) is 60.3 Å². The van der Waals surface area contributed by atoms with Gasteiger partial charge in [-0.15, -0.1) is 6.42 Å². The lowest BCUT2D eigenvalue weighted by Crippen LogP contribution is -2.29.